The second kappa shape index (κ2) is 8.84. The van der Waals surface area contributed by atoms with Crippen LogP contribution in [0.25, 0.3) is 11.4 Å². The summed E-state index contributed by atoms with van der Waals surface area (Å²) in [7, 11) is 0. The van der Waals surface area contributed by atoms with Gasteiger partial charge < -0.3 is 4.42 Å². The van der Waals surface area contributed by atoms with Gasteiger partial charge >= 0.3 is 0 Å². The lowest BCUT2D eigenvalue weighted by atomic mass is 10.2. The van der Waals surface area contributed by atoms with Gasteiger partial charge in [-0.2, -0.15) is 0 Å². The minimum Gasteiger partial charge on any atom is -0.467 e. The molecular formula is C19H15N5O3S2. The zero-order valence-electron chi connectivity index (χ0n) is 15.0. The van der Waals surface area contributed by atoms with Gasteiger partial charge in [-0.1, -0.05) is 17.8 Å². The number of nitrogens with one attached hydrogen (secondary N) is 1. The van der Waals surface area contributed by atoms with E-state index in [0.29, 0.717) is 22.4 Å². The maximum Gasteiger partial charge on any atom is 0.267 e. The molecule has 4 heterocycles. The van der Waals surface area contributed by atoms with E-state index in [-0.39, 0.29) is 5.75 Å². The van der Waals surface area contributed by atoms with Gasteiger partial charge in [0.15, 0.2) is 11.0 Å². The summed E-state index contributed by atoms with van der Waals surface area (Å²) in [6.07, 6.45) is 4.98. The van der Waals surface area contributed by atoms with Gasteiger partial charge in [0.05, 0.1) is 23.4 Å². The van der Waals surface area contributed by atoms with Gasteiger partial charge in [-0.15, -0.1) is 21.5 Å². The summed E-state index contributed by atoms with van der Waals surface area (Å²) in [5, 5.41) is 13.2. The Labute approximate surface area is 174 Å². The number of amides is 2. The molecule has 0 aromatic carbocycles. The Hall–Kier alpha value is -3.24. The van der Waals surface area contributed by atoms with E-state index in [1.807, 2.05) is 22.8 Å². The second-order valence-corrected chi connectivity index (χ2v) is 7.75. The standard InChI is InChI=1S/C19H15N5O3S2/c25-16(21-18(26)15-6-3-9-28-15)12-29-19-23-22-17(13-4-1-7-20-10-13)24(19)11-14-5-2-8-27-14/h1-10H,11-12H2,(H,21,25,26). The van der Waals surface area contributed by atoms with E-state index < -0.39 is 11.8 Å². The number of pyridine rings is 1. The zero-order chi connectivity index (χ0) is 20.1. The summed E-state index contributed by atoms with van der Waals surface area (Å²) in [4.78, 5) is 28.8. The Morgan fingerprint density at radius 1 is 1.17 bits per heavy atom. The van der Waals surface area contributed by atoms with Crippen LogP contribution in [0.2, 0.25) is 0 Å². The quantitative estimate of drug-likeness (QED) is 0.454. The third kappa shape index (κ3) is 4.61. The number of hydrogen-bond acceptors (Lipinski definition) is 8. The molecule has 10 heteroatoms. The van der Waals surface area contributed by atoms with E-state index in [1.54, 1.807) is 42.2 Å². The van der Waals surface area contributed by atoms with E-state index in [9.17, 15) is 9.59 Å². The predicted molar refractivity (Wildman–Crippen MR) is 109 cm³/mol. The van der Waals surface area contributed by atoms with Crippen molar-refractivity contribution in [2.75, 3.05) is 5.75 Å². The Balaban J connectivity index is 1.50. The fourth-order valence-electron chi connectivity index (χ4n) is 2.57. The highest BCUT2D eigenvalue weighted by molar-refractivity contribution is 7.99. The molecule has 0 fully saturated rings. The van der Waals surface area contributed by atoms with Gasteiger partial charge in [-0.25, -0.2) is 0 Å². The zero-order valence-corrected chi connectivity index (χ0v) is 16.7. The predicted octanol–water partition coefficient (Wildman–Crippen LogP) is 3.09. The lowest BCUT2D eigenvalue weighted by Gasteiger charge is -2.08. The average Bonchev–Trinajstić information content (AvgIpc) is 3.50. The molecular weight excluding hydrogens is 410 g/mol. The topological polar surface area (TPSA) is 103 Å². The lowest BCUT2D eigenvalue weighted by molar-refractivity contribution is -0.117. The minimum absolute atomic E-state index is 0.0282. The molecule has 0 atom stereocenters. The maximum absolute atomic E-state index is 12.2. The Kier molecular flexibility index (Phi) is 5.82. The van der Waals surface area contributed by atoms with E-state index in [1.165, 1.54) is 23.1 Å². The highest BCUT2D eigenvalue weighted by atomic mass is 32.2. The second-order valence-electron chi connectivity index (χ2n) is 5.86. The first-order valence-corrected chi connectivity index (χ1v) is 10.4. The largest absolute Gasteiger partial charge is 0.467 e. The van der Waals surface area contributed by atoms with Crippen LogP contribution < -0.4 is 5.32 Å². The van der Waals surface area contributed by atoms with Crippen LogP contribution in [-0.2, 0) is 11.3 Å². The normalized spacial score (nSPS) is 10.8. The van der Waals surface area contributed by atoms with E-state index in [4.69, 9.17) is 4.42 Å². The Bertz CT molecular complexity index is 1090. The van der Waals surface area contributed by atoms with Gasteiger partial charge in [0.2, 0.25) is 5.91 Å². The number of aromatic nitrogens is 4. The van der Waals surface area contributed by atoms with Gasteiger partial charge in [-0.05, 0) is 35.7 Å². The molecule has 0 radical (unpaired) electrons. The highest BCUT2D eigenvalue weighted by Crippen LogP contribution is 2.24. The van der Waals surface area contributed by atoms with Crippen molar-refractivity contribution < 1.29 is 14.0 Å². The molecule has 8 nitrogen and oxygen atoms in total. The number of rotatable bonds is 7. The average molecular weight is 425 g/mol. The molecule has 4 aromatic heterocycles. The number of imide groups is 1. The first kappa shape index (κ1) is 19.1. The maximum atomic E-state index is 12.2. The number of carbonyl (C=O) groups is 2. The number of hydrogen-bond donors (Lipinski definition) is 1. The molecule has 0 unspecified atom stereocenters. The van der Waals surface area contributed by atoms with Crippen molar-refractivity contribution in [3.8, 4) is 11.4 Å². The molecule has 1 N–H and O–H groups in total. The van der Waals surface area contributed by atoms with E-state index in [2.05, 4.69) is 20.5 Å². The number of thiophene rings is 1. The van der Waals surface area contributed by atoms with Gasteiger partial charge in [0, 0.05) is 18.0 Å². The first-order valence-electron chi connectivity index (χ1n) is 8.57. The molecule has 0 aliphatic rings. The summed E-state index contributed by atoms with van der Waals surface area (Å²) in [6, 6.07) is 10.8. The van der Waals surface area contributed by atoms with Crippen LogP contribution >= 0.6 is 23.1 Å². The van der Waals surface area contributed by atoms with Crippen LogP contribution in [0.3, 0.4) is 0 Å². The summed E-state index contributed by atoms with van der Waals surface area (Å²) < 4.78 is 7.30. The highest BCUT2D eigenvalue weighted by Gasteiger charge is 2.18. The van der Waals surface area contributed by atoms with Crippen LogP contribution in [0.4, 0.5) is 0 Å². The number of thioether (sulfide) groups is 1. The van der Waals surface area contributed by atoms with E-state index >= 15 is 0 Å². The van der Waals surface area contributed by atoms with Crippen LogP contribution in [0.15, 0.2) is 70.0 Å². The fraction of sp³-hybridized carbons (Fsp3) is 0.105. The smallest absolute Gasteiger partial charge is 0.267 e. The van der Waals surface area contributed by atoms with Crippen LogP contribution in [0.1, 0.15) is 15.4 Å². The molecule has 0 aliphatic heterocycles. The molecule has 0 saturated heterocycles. The van der Waals surface area contributed by atoms with Crippen LogP contribution in [0.5, 0.6) is 0 Å². The van der Waals surface area contributed by atoms with Crippen molar-refractivity contribution in [3.05, 3.63) is 71.1 Å². The molecule has 4 rings (SSSR count). The summed E-state index contributed by atoms with van der Waals surface area (Å²) >= 11 is 2.48. The summed E-state index contributed by atoms with van der Waals surface area (Å²) in [6.45, 7) is 0.405. The van der Waals surface area contributed by atoms with Gasteiger partial charge in [0.25, 0.3) is 5.91 Å². The minimum atomic E-state index is -0.404. The Morgan fingerprint density at radius 2 is 2.10 bits per heavy atom. The molecule has 2 amide bonds. The first-order chi connectivity index (χ1) is 14.2. The molecule has 0 spiro atoms. The van der Waals surface area contributed by atoms with Crippen molar-refractivity contribution in [3.63, 3.8) is 0 Å². The number of furan rings is 1. The molecule has 4 aromatic rings. The number of carbonyl (C=O) groups excluding carboxylic acids is 2. The van der Waals surface area contributed by atoms with Gasteiger partial charge in [-0.3, -0.25) is 24.5 Å². The summed E-state index contributed by atoms with van der Waals surface area (Å²) in [5.74, 6) is 0.573. The Morgan fingerprint density at radius 3 is 2.83 bits per heavy atom. The molecule has 146 valence electrons. The lowest BCUT2D eigenvalue weighted by Crippen LogP contribution is -2.31. The van der Waals surface area contributed by atoms with E-state index in [0.717, 1.165) is 11.3 Å². The van der Waals surface area contributed by atoms with Crippen molar-refractivity contribution in [1.82, 2.24) is 25.1 Å². The molecule has 0 aliphatic carbocycles. The van der Waals surface area contributed by atoms with Crippen molar-refractivity contribution in [1.29, 1.82) is 0 Å². The fourth-order valence-corrected chi connectivity index (χ4v) is 3.92. The van der Waals surface area contributed by atoms with Crippen molar-refractivity contribution >= 4 is 34.9 Å². The number of nitrogens with zero attached hydrogens (tertiary/aromatic N) is 4. The monoisotopic (exact) mass is 425 g/mol. The third-order valence-electron chi connectivity index (χ3n) is 3.86. The third-order valence-corrected chi connectivity index (χ3v) is 5.70. The molecule has 29 heavy (non-hydrogen) atoms. The molecule has 0 bridgehead atoms. The van der Waals surface area contributed by atoms with Crippen LogP contribution in [0, 0.1) is 0 Å². The summed E-state index contributed by atoms with van der Waals surface area (Å²) in [5.41, 5.74) is 0.802. The SMILES string of the molecule is O=C(CSc1nnc(-c2cccnc2)n1Cc1ccco1)NC(=O)c1cccs1. The molecule has 0 saturated carbocycles. The van der Waals surface area contributed by atoms with Crippen LogP contribution in [-0.4, -0.2) is 37.3 Å². The van der Waals surface area contributed by atoms with Crippen molar-refractivity contribution in [2.45, 2.75) is 11.7 Å². The van der Waals surface area contributed by atoms with Gasteiger partial charge in [0.1, 0.15) is 5.76 Å². The van der Waals surface area contributed by atoms with Crippen molar-refractivity contribution in [2.24, 2.45) is 0 Å².